The van der Waals surface area contributed by atoms with Crippen molar-refractivity contribution in [2.45, 2.75) is 32.6 Å². The molecule has 1 aliphatic rings. The summed E-state index contributed by atoms with van der Waals surface area (Å²) in [6, 6.07) is 2.04. The molecule has 1 aliphatic heterocycles. The summed E-state index contributed by atoms with van der Waals surface area (Å²) in [6.45, 7) is 5.59. The minimum atomic E-state index is -3.30. The number of thiophene rings is 1. The van der Waals surface area contributed by atoms with Crippen LogP contribution in [0.2, 0.25) is 0 Å². The maximum Gasteiger partial charge on any atom is 0.216 e. The van der Waals surface area contributed by atoms with Crippen molar-refractivity contribution in [3.8, 4) is 0 Å². The first kappa shape index (κ1) is 19.2. The first-order valence-electron chi connectivity index (χ1n) is 7.99. The Kier molecular flexibility index (Phi) is 7.02. The smallest absolute Gasteiger partial charge is 0.216 e. The molecule has 24 heavy (non-hydrogen) atoms. The van der Waals surface area contributed by atoms with Gasteiger partial charge in [-0.2, -0.15) is 15.6 Å². The Morgan fingerprint density at radius 2 is 2.08 bits per heavy atom. The molecule has 7 nitrogen and oxygen atoms in total. The minimum absolute atomic E-state index is 0.0333. The molecule has 0 spiro atoms. The molecule has 0 radical (unpaired) electrons. The van der Waals surface area contributed by atoms with Gasteiger partial charge in [0.25, 0.3) is 0 Å². The highest BCUT2D eigenvalue weighted by Gasteiger charge is 2.30. The summed E-state index contributed by atoms with van der Waals surface area (Å²) in [5.74, 6) is 0.631. The fourth-order valence-corrected chi connectivity index (χ4v) is 4.75. The van der Waals surface area contributed by atoms with Crippen LogP contribution in [0.4, 0.5) is 0 Å². The predicted octanol–water partition coefficient (Wildman–Crippen LogP) is 0.852. The van der Waals surface area contributed by atoms with Crippen LogP contribution in [0.3, 0.4) is 0 Å². The van der Waals surface area contributed by atoms with Crippen molar-refractivity contribution >= 4 is 27.3 Å². The van der Waals surface area contributed by atoms with Gasteiger partial charge in [0.15, 0.2) is 5.96 Å². The number of morpholine rings is 1. The van der Waals surface area contributed by atoms with Gasteiger partial charge in [0, 0.05) is 33.2 Å². The number of nitrogens with zero attached hydrogens (tertiary/aromatic N) is 2. The van der Waals surface area contributed by atoms with E-state index >= 15 is 0 Å². The monoisotopic (exact) mass is 374 g/mol. The zero-order valence-corrected chi connectivity index (χ0v) is 16.0. The van der Waals surface area contributed by atoms with Crippen LogP contribution in [0.25, 0.3) is 0 Å². The summed E-state index contributed by atoms with van der Waals surface area (Å²) in [5, 5.41) is 10.3. The van der Waals surface area contributed by atoms with Crippen molar-refractivity contribution in [2.24, 2.45) is 4.99 Å². The van der Waals surface area contributed by atoms with Gasteiger partial charge in [-0.3, -0.25) is 4.99 Å². The van der Waals surface area contributed by atoms with Crippen LogP contribution in [0, 0.1) is 0 Å². The quantitative estimate of drug-likeness (QED) is 0.570. The van der Waals surface area contributed by atoms with Gasteiger partial charge < -0.3 is 15.4 Å². The molecule has 0 aromatic carbocycles. The summed E-state index contributed by atoms with van der Waals surface area (Å²) in [5.41, 5.74) is 1.17. The fourth-order valence-electron chi connectivity index (χ4n) is 2.58. The lowest BCUT2D eigenvalue weighted by atomic mass is 10.3. The third-order valence-electron chi connectivity index (χ3n) is 3.70. The number of hydrogen-bond acceptors (Lipinski definition) is 5. The highest BCUT2D eigenvalue weighted by molar-refractivity contribution is 7.89. The SMILES string of the molecule is CN=C(NCCS(=O)(=O)N1CC(C)OC(C)C1)NCc1ccsc1. The molecular formula is C15H26N4O3S2. The van der Waals surface area contributed by atoms with Gasteiger partial charge in [-0.05, 0) is 36.2 Å². The van der Waals surface area contributed by atoms with E-state index in [0.717, 1.165) is 0 Å². The molecule has 2 rings (SSSR count). The second-order valence-corrected chi connectivity index (χ2v) is 8.74. The van der Waals surface area contributed by atoms with E-state index in [0.29, 0.717) is 32.1 Å². The van der Waals surface area contributed by atoms with Crippen LogP contribution < -0.4 is 10.6 Å². The largest absolute Gasteiger partial charge is 0.373 e. The molecule has 9 heteroatoms. The molecule has 2 unspecified atom stereocenters. The Labute approximate surface area is 148 Å². The second kappa shape index (κ2) is 8.80. The van der Waals surface area contributed by atoms with Crippen molar-refractivity contribution in [2.75, 3.05) is 32.4 Å². The molecule has 0 saturated carbocycles. The highest BCUT2D eigenvalue weighted by Crippen LogP contribution is 2.14. The number of nitrogens with one attached hydrogen (secondary N) is 2. The van der Waals surface area contributed by atoms with E-state index in [1.54, 1.807) is 18.4 Å². The number of ether oxygens (including phenoxy) is 1. The number of guanidine groups is 1. The summed E-state index contributed by atoms with van der Waals surface area (Å²) in [4.78, 5) is 4.11. The molecule has 2 N–H and O–H groups in total. The maximum atomic E-state index is 12.5. The average Bonchev–Trinajstić information content (AvgIpc) is 3.03. The zero-order chi connectivity index (χ0) is 17.6. The van der Waals surface area contributed by atoms with E-state index in [1.165, 1.54) is 9.87 Å². The molecule has 1 aromatic rings. The molecule has 2 heterocycles. The molecular weight excluding hydrogens is 348 g/mol. The van der Waals surface area contributed by atoms with Crippen molar-refractivity contribution in [1.29, 1.82) is 0 Å². The van der Waals surface area contributed by atoms with Gasteiger partial charge in [0.1, 0.15) is 0 Å². The third-order valence-corrected chi connectivity index (χ3v) is 6.23. The van der Waals surface area contributed by atoms with Crippen molar-refractivity contribution in [3.05, 3.63) is 22.4 Å². The normalized spacial score (nSPS) is 23.2. The number of sulfonamides is 1. The first-order chi connectivity index (χ1) is 11.4. The van der Waals surface area contributed by atoms with Gasteiger partial charge in [-0.25, -0.2) is 8.42 Å². The summed E-state index contributed by atoms with van der Waals surface area (Å²) >= 11 is 1.64. The van der Waals surface area contributed by atoms with Crippen molar-refractivity contribution in [1.82, 2.24) is 14.9 Å². The summed E-state index contributed by atoms with van der Waals surface area (Å²) in [7, 11) is -1.63. The minimum Gasteiger partial charge on any atom is -0.373 e. The van der Waals surface area contributed by atoms with Gasteiger partial charge in [0.2, 0.25) is 10.0 Å². The molecule has 136 valence electrons. The fraction of sp³-hybridized carbons (Fsp3) is 0.667. The van der Waals surface area contributed by atoms with Crippen LogP contribution in [-0.4, -0.2) is 63.3 Å². The Morgan fingerprint density at radius 3 is 2.67 bits per heavy atom. The Hall–Kier alpha value is -1.16. The van der Waals surface area contributed by atoms with E-state index in [-0.39, 0.29) is 18.0 Å². The molecule has 1 fully saturated rings. The van der Waals surface area contributed by atoms with Crippen LogP contribution in [0.5, 0.6) is 0 Å². The van der Waals surface area contributed by atoms with Gasteiger partial charge >= 0.3 is 0 Å². The Balaban J connectivity index is 1.78. The van der Waals surface area contributed by atoms with E-state index < -0.39 is 10.0 Å². The number of rotatable bonds is 6. The van der Waals surface area contributed by atoms with Crippen LogP contribution in [0.1, 0.15) is 19.4 Å². The highest BCUT2D eigenvalue weighted by atomic mass is 32.2. The van der Waals surface area contributed by atoms with Gasteiger partial charge in [0.05, 0.1) is 18.0 Å². The molecule has 1 aromatic heterocycles. The Bertz CT molecular complexity index is 621. The van der Waals surface area contributed by atoms with Crippen LogP contribution in [-0.2, 0) is 21.3 Å². The molecule has 0 bridgehead atoms. The van der Waals surface area contributed by atoms with E-state index in [1.807, 2.05) is 25.3 Å². The lowest BCUT2D eigenvalue weighted by Crippen LogP contribution is -2.50. The van der Waals surface area contributed by atoms with Crippen molar-refractivity contribution in [3.63, 3.8) is 0 Å². The number of hydrogen-bond donors (Lipinski definition) is 2. The second-order valence-electron chi connectivity index (χ2n) is 5.87. The van der Waals surface area contributed by atoms with Crippen molar-refractivity contribution < 1.29 is 13.2 Å². The third kappa shape index (κ3) is 5.73. The van der Waals surface area contributed by atoms with Crippen LogP contribution >= 0.6 is 11.3 Å². The summed E-state index contributed by atoms with van der Waals surface area (Å²) < 4.78 is 32.0. The Morgan fingerprint density at radius 1 is 1.38 bits per heavy atom. The lowest BCUT2D eigenvalue weighted by Gasteiger charge is -2.34. The molecule has 2 atom stereocenters. The lowest BCUT2D eigenvalue weighted by molar-refractivity contribution is -0.0440. The predicted molar refractivity (Wildman–Crippen MR) is 97.9 cm³/mol. The first-order valence-corrected chi connectivity index (χ1v) is 10.5. The van der Waals surface area contributed by atoms with Gasteiger partial charge in [-0.1, -0.05) is 0 Å². The van der Waals surface area contributed by atoms with E-state index in [4.69, 9.17) is 4.74 Å². The van der Waals surface area contributed by atoms with Gasteiger partial charge in [-0.15, -0.1) is 0 Å². The average molecular weight is 375 g/mol. The molecule has 1 saturated heterocycles. The van der Waals surface area contributed by atoms with E-state index in [9.17, 15) is 8.42 Å². The zero-order valence-electron chi connectivity index (χ0n) is 14.4. The topological polar surface area (TPSA) is 83.0 Å². The molecule has 0 amide bonds. The summed E-state index contributed by atoms with van der Waals surface area (Å²) in [6.07, 6.45) is -0.145. The maximum absolute atomic E-state index is 12.5. The number of aliphatic imine (C=N–C) groups is 1. The van der Waals surface area contributed by atoms with E-state index in [2.05, 4.69) is 21.0 Å². The molecule has 0 aliphatic carbocycles. The van der Waals surface area contributed by atoms with Crippen LogP contribution in [0.15, 0.2) is 21.8 Å². The standard InChI is InChI=1S/C15H26N4O3S2/c1-12-9-19(10-13(2)22-12)24(20,21)7-5-17-15(16-3)18-8-14-4-6-23-11-14/h4,6,11-13H,5,7-10H2,1-3H3,(H2,16,17,18).